The van der Waals surface area contributed by atoms with E-state index in [0.29, 0.717) is 22.7 Å². The average Bonchev–Trinajstić information content (AvgIpc) is 2.55. The monoisotopic (exact) mass is 323 g/mol. The molecule has 2 rings (SSSR count). The molecule has 2 aromatic rings. The molecule has 1 N–H and O–H groups in total. The number of nitrogens with one attached hydrogen (secondary N) is 1. The van der Waals surface area contributed by atoms with E-state index in [2.05, 4.69) is 10.1 Å². The zero-order valence-electron chi connectivity index (χ0n) is 12.5. The van der Waals surface area contributed by atoms with E-state index in [0.717, 1.165) is 0 Å². The molecule has 0 spiro atoms. The Balaban J connectivity index is 2.12. The Morgan fingerprint density at radius 3 is 2.22 bits per heavy atom. The summed E-state index contributed by atoms with van der Waals surface area (Å²) < 4.78 is 38.6. The smallest absolute Gasteiger partial charge is 0.387 e. The zero-order chi connectivity index (χ0) is 16.8. The van der Waals surface area contributed by atoms with Crippen LogP contribution in [0.15, 0.2) is 42.5 Å². The van der Waals surface area contributed by atoms with Gasteiger partial charge in [-0.2, -0.15) is 8.78 Å². The molecule has 7 heteroatoms. The molecule has 0 unspecified atom stereocenters. The Bertz CT molecular complexity index is 674. The fraction of sp³-hybridized carbons (Fsp3) is 0.188. The summed E-state index contributed by atoms with van der Waals surface area (Å²) >= 11 is 0. The lowest BCUT2D eigenvalue weighted by Gasteiger charge is -2.11. The highest BCUT2D eigenvalue weighted by Gasteiger charge is 2.14. The lowest BCUT2D eigenvalue weighted by atomic mass is 10.1. The van der Waals surface area contributed by atoms with E-state index in [-0.39, 0.29) is 5.75 Å². The molecule has 0 aliphatic heterocycles. The van der Waals surface area contributed by atoms with Gasteiger partial charge in [0.15, 0.2) is 0 Å². The molecule has 0 aliphatic carbocycles. The molecule has 23 heavy (non-hydrogen) atoms. The number of carbonyl (C=O) groups is 1. The Kier molecular flexibility index (Phi) is 5.35. The molecule has 0 fully saturated rings. The van der Waals surface area contributed by atoms with Gasteiger partial charge in [0.1, 0.15) is 17.2 Å². The molecule has 0 bridgehead atoms. The summed E-state index contributed by atoms with van der Waals surface area (Å²) in [5.41, 5.74) is 0.760. The predicted octanol–water partition coefficient (Wildman–Crippen LogP) is 3.56. The largest absolute Gasteiger partial charge is 0.497 e. The van der Waals surface area contributed by atoms with Crippen molar-refractivity contribution in [3.63, 3.8) is 0 Å². The van der Waals surface area contributed by atoms with E-state index in [1.54, 1.807) is 18.2 Å². The van der Waals surface area contributed by atoms with Crippen LogP contribution in [-0.2, 0) is 0 Å². The first-order valence-corrected chi connectivity index (χ1v) is 6.61. The Hall–Kier alpha value is -2.83. The van der Waals surface area contributed by atoms with Crippen LogP contribution in [0, 0.1) is 0 Å². The third kappa shape index (κ3) is 4.32. The van der Waals surface area contributed by atoms with Crippen LogP contribution in [0.25, 0.3) is 0 Å². The average molecular weight is 323 g/mol. The molecule has 0 radical (unpaired) electrons. The molecular formula is C16H15F2NO4. The van der Waals surface area contributed by atoms with E-state index in [4.69, 9.17) is 9.47 Å². The van der Waals surface area contributed by atoms with Crippen LogP contribution in [0.2, 0.25) is 0 Å². The second-order valence-corrected chi connectivity index (χ2v) is 4.42. The lowest BCUT2D eigenvalue weighted by molar-refractivity contribution is -0.0498. The van der Waals surface area contributed by atoms with Crippen LogP contribution in [-0.4, -0.2) is 26.7 Å². The number of anilines is 1. The fourth-order valence-corrected chi connectivity index (χ4v) is 1.90. The van der Waals surface area contributed by atoms with Crippen LogP contribution < -0.4 is 19.5 Å². The van der Waals surface area contributed by atoms with Crippen molar-refractivity contribution in [1.29, 1.82) is 0 Å². The topological polar surface area (TPSA) is 56.8 Å². The Morgan fingerprint density at radius 2 is 1.65 bits per heavy atom. The van der Waals surface area contributed by atoms with Crippen molar-refractivity contribution < 1.29 is 27.8 Å². The molecule has 0 heterocycles. The molecule has 0 aromatic heterocycles. The summed E-state index contributed by atoms with van der Waals surface area (Å²) in [5, 5.41) is 2.65. The van der Waals surface area contributed by atoms with Gasteiger partial charge in [0, 0.05) is 11.8 Å². The molecule has 0 atom stereocenters. The minimum atomic E-state index is -2.89. The molecule has 5 nitrogen and oxygen atoms in total. The molecule has 122 valence electrons. The van der Waals surface area contributed by atoms with Gasteiger partial charge in [-0.15, -0.1) is 0 Å². The van der Waals surface area contributed by atoms with Crippen molar-refractivity contribution in [2.45, 2.75) is 6.61 Å². The van der Waals surface area contributed by atoms with Gasteiger partial charge in [-0.25, -0.2) is 0 Å². The number of halogens is 2. The first-order chi connectivity index (χ1) is 11.0. The van der Waals surface area contributed by atoms with E-state index < -0.39 is 12.5 Å². The lowest BCUT2D eigenvalue weighted by Crippen LogP contribution is -2.13. The zero-order valence-corrected chi connectivity index (χ0v) is 12.5. The highest BCUT2D eigenvalue weighted by Crippen LogP contribution is 2.26. The van der Waals surface area contributed by atoms with Crippen LogP contribution >= 0.6 is 0 Å². The summed E-state index contributed by atoms with van der Waals surface area (Å²) in [7, 11) is 2.96. The Morgan fingerprint density at radius 1 is 1.00 bits per heavy atom. The first kappa shape index (κ1) is 16.5. The summed E-state index contributed by atoms with van der Waals surface area (Å²) in [6, 6.07) is 10.4. The maximum Gasteiger partial charge on any atom is 0.387 e. The van der Waals surface area contributed by atoms with E-state index >= 15 is 0 Å². The maximum atomic E-state index is 12.3. The number of rotatable bonds is 6. The van der Waals surface area contributed by atoms with Gasteiger partial charge in [0.25, 0.3) is 5.91 Å². The number of hydrogen-bond acceptors (Lipinski definition) is 4. The molecular weight excluding hydrogens is 308 g/mol. The second kappa shape index (κ2) is 7.44. The molecule has 0 saturated carbocycles. The van der Waals surface area contributed by atoms with Crippen molar-refractivity contribution in [3.05, 3.63) is 48.0 Å². The predicted molar refractivity (Wildman–Crippen MR) is 80.6 cm³/mol. The van der Waals surface area contributed by atoms with Crippen molar-refractivity contribution in [1.82, 2.24) is 0 Å². The first-order valence-electron chi connectivity index (χ1n) is 6.61. The van der Waals surface area contributed by atoms with Crippen LogP contribution in [0.1, 0.15) is 10.4 Å². The van der Waals surface area contributed by atoms with E-state index in [9.17, 15) is 13.6 Å². The number of alkyl halides is 2. The van der Waals surface area contributed by atoms with Crippen LogP contribution in [0.5, 0.6) is 17.2 Å². The highest BCUT2D eigenvalue weighted by molar-refractivity contribution is 6.06. The van der Waals surface area contributed by atoms with Crippen LogP contribution in [0.3, 0.4) is 0 Å². The second-order valence-electron chi connectivity index (χ2n) is 4.42. The summed E-state index contributed by atoms with van der Waals surface area (Å²) in [5.74, 6) is 0.540. The summed E-state index contributed by atoms with van der Waals surface area (Å²) in [6.07, 6.45) is 0. The van der Waals surface area contributed by atoms with Gasteiger partial charge < -0.3 is 19.5 Å². The van der Waals surface area contributed by atoms with E-state index in [1.807, 2.05) is 0 Å². The standard InChI is InChI=1S/C16H15F2NO4/c1-21-12-7-8-13(14(9-12)22-2)15(20)19-10-3-5-11(6-4-10)23-16(17)18/h3-9,16H,1-2H3,(H,19,20). The SMILES string of the molecule is COc1ccc(C(=O)Nc2ccc(OC(F)F)cc2)c(OC)c1. The van der Waals surface area contributed by atoms with Gasteiger partial charge in [0.2, 0.25) is 0 Å². The number of benzene rings is 2. The summed E-state index contributed by atoms with van der Waals surface area (Å²) in [4.78, 5) is 12.3. The van der Waals surface area contributed by atoms with Gasteiger partial charge in [-0.3, -0.25) is 4.79 Å². The van der Waals surface area contributed by atoms with Crippen LogP contribution in [0.4, 0.5) is 14.5 Å². The molecule has 1 amide bonds. The highest BCUT2D eigenvalue weighted by atomic mass is 19.3. The van der Waals surface area contributed by atoms with Crippen molar-refractivity contribution in [2.24, 2.45) is 0 Å². The van der Waals surface area contributed by atoms with Gasteiger partial charge in [-0.05, 0) is 36.4 Å². The number of amides is 1. The third-order valence-electron chi connectivity index (χ3n) is 2.99. The number of methoxy groups -OCH3 is 2. The molecule has 0 saturated heterocycles. The van der Waals surface area contributed by atoms with Gasteiger partial charge in [0.05, 0.1) is 19.8 Å². The normalized spacial score (nSPS) is 10.3. The van der Waals surface area contributed by atoms with Crippen molar-refractivity contribution in [3.8, 4) is 17.2 Å². The Labute approximate surface area is 131 Å². The minimum absolute atomic E-state index is 0.0139. The third-order valence-corrected chi connectivity index (χ3v) is 2.99. The minimum Gasteiger partial charge on any atom is -0.497 e. The number of hydrogen-bond donors (Lipinski definition) is 1. The van der Waals surface area contributed by atoms with Gasteiger partial charge in [-0.1, -0.05) is 0 Å². The van der Waals surface area contributed by atoms with Crippen molar-refractivity contribution in [2.75, 3.05) is 19.5 Å². The van der Waals surface area contributed by atoms with Crippen molar-refractivity contribution >= 4 is 11.6 Å². The molecule has 2 aromatic carbocycles. The fourth-order valence-electron chi connectivity index (χ4n) is 1.90. The van der Waals surface area contributed by atoms with Gasteiger partial charge >= 0.3 is 6.61 Å². The van der Waals surface area contributed by atoms with E-state index in [1.165, 1.54) is 38.5 Å². The number of carbonyl (C=O) groups excluding carboxylic acids is 1. The maximum absolute atomic E-state index is 12.3. The molecule has 0 aliphatic rings. The summed E-state index contributed by atoms with van der Waals surface area (Å²) in [6.45, 7) is -2.89. The quantitative estimate of drug-likeness (QED) is 0.883. The number of ether oxygens (including phenoxy) is 3.